The van der Waals surface area contributed by atoms with Crippen molar-refractivity contribution in [3.63, 3.8) is 0 Å². The van der Waals surface area contributed by atoms with Gasteiger partial charge in [0.2, 0.25) is 0 Å². The van der Waals surface area contributed by atoms with E-state index in [1.807, 2.05) is 13.8 Å². The molecule has 0 amide bonds. The topological polar surface area (TPSA) is 40.1 Å². The molecule has 0 bridgehead atoms. The average molecular weight is 117 g/mol. The fourth-order valence-corrected chi connectivity index (χ4v) is 0.454. The van der Waals surface area contributed by atoms with Gasteiger partial charge in [-0.3, -0.25) is 0 Å². The van der Waals surface area contributed by atoms with Gasteiger partial charge >= 0.3 is 0 Å². The normalized spacial score (nSPS) is 14.6. The Morgan fingerprint density at radius 3 is 2.12 bits per heavy atom. The van der Waals surface area contributed by atoms with E-state index in [9.17, 15) is 5.11 Å². The fraction of sp³-hybridized carbons (Fsp3) is 1.00. The second kappa shape index (κ2) is 3.87. The first kappa shape index (κ1) is 7.92. The summed E-state index contributed by atoms with van der Waals surface area (Å²) in [6.07, 6.45) is -0.00926. The van der Waals surface area contributed by atoms with Gasteiger partial charge < -0.3 is 5.11 Å². The lowest BCUT2D eigenvalue weighted by molar-refractivity contribution is 0.0737. The average Bonchev–Trinajstić information content (AvgIpc) is 1.67. The van der Waals surface area contributed by atoms with E-state index in [1.165, 1.54) is 0 Å². The van der Waals surface area contributed by atoms with E-state index in [4.69, 9.17) is 5.11 Å². The zero-order valence-electron chi connectivity index (χ0n) is 5.42. The number of hydrogen-bond acceptors (Lipinski definition) is 1. The van der Waals surface area contributed by atoms with Gasteiger partial charge in [-0.25, -0.2) is 5.11 Å². The molecule has 8 heavy (non-hydrogen) atoms. The van der Waals surface area contributed by atoms with Crippen molar-refractivity contribution in [1.82, 2.24) is 0 Å². The largest absolute Gasteiger partial charge is 0.393 e. The maximum atomic E-state index is 9.88. The second-order valence-electron chi connectivity index (χ2n) is 2.30. The van der Waals surface area contributed by atoms with Crippen molar-refractivity contribution >= 4 is 0 Å². The lowest BCUT2D eigenvalue weighted by Gasteiger charge is -2.10. The van der Waals surface area contributed by atoms with Crippen LogP contribution in [0.25, 0.3) is 0 Å². The highest BCUT2D eigenvalue weighted by Crippen LogP contribution is 2.03. The Morgan fingerprint density at radius 2 is 2.00 bits per heavy atom. The van der Waals surface area contributed by atoms with Crippen LogP contribution in [-0.2, 0) is 5.11 Å². The van der Waals surface area contributed by atoms with Crippen LogP contribution in [0.3, 0.4) is 0 Å². The molecule has 0 fully saturated rings. The van der Waals surface area contributed by atoms with Crippen molar-refractivity contribution in [3.8, 4) is 0 Å². The summed E-state index contributed by atoms with van der Waals surface area (Å²) in [6, 6.07) is 0. The van der Waals surface area contributed by atoms with Crippen molar-refractivity contribution in [2.75, 3.05) is 6.61 Å². The van der Waals surface area contributed by atoms with Crippen molar-refractivity contribution in [2.45, 2.75) is 26.4 Å². The highest BCUT2D eigenvalue weighted by atomic mass is 16.3. The summed E-state index contributed by atoms with van der Waals surface area (Å²) >= 11 is 0. The molecule has 0 aliphatic heterocycles. The van der Waals surface area contributed by atoms with Crippen LogP contribution < -0.4 is 0 Å². The molecule has 0 aromatic rings. The van der Waals surface area contributed by atoms with E-state index in [1.54, 1.807) is 0 Å². The molecule has 0 heterocycles. The first-order valence-electron chi connectivity index (χ1n) is 2.94. The van der Waals surface area contributed by atoms with Gasteiger partial charge in [-0.05, 0) is 5.92 Å². The van der Waals surface area contributed by atoms with E-state index in [0.29, 0.717) is 6.42 Å². The van der Waals surface area contributed by atoms with Gasteiger partial charge in [0.15, 0.2) is 0 Å². The minimum atomic E-state index is -0.396. The van der Waals surface area contributed by atoms with Crippen LogP contribution in [-0.4, -0.2) is 17.8 Å². The minimum Gasteiger partial charge on any atom is -0.393 e. The van der Waals surface area contributed by atoms with E-state index < -0.39 is 6.10 Å². The van der Waals surface area contributed by atoms with Crippen LogP contribution in [0.4, 0.5) is 0 Å². The van der Waals surface area contributed by atoms with E-state index in [0.717, 1.165) is 0 Å². The third kappa shape index (κ3) is 2.99. The molecule has 0 saturated heterocycles. The third-order valence-corrected chi connectivity index (χ3v) is 1.18. The standard InChI is InChI=1S/C6H13O2/c1-5(2)6(8)3-4-7/h5-6,8H,3-4H2,1-2H3. The molecule has 1 radical (unpaired) electrons. The van der Waals surface area contributed by atoms with Crippen molar-refractivity contribution in [1.29, 1.82) is 0 Å². The molecule has 2 heteroatoms. The summed E-state index contributed by atoms with van der Waals surface area (Å²) in [4.78, 5) is 0. The smallest absolute Gasteiger partial charge is 0.0847 e. The molecule has 1 N–H and O–H groups in total. The lowest BCUT2D eigenvalue weighted by atomic mass is 10.1. The van der Waals surface area contributed by atoms with E-state index in [2.05, 4.69) is 0 Å². The summed E-state index contributed by atoms with van der Waals surface area (Å²) in [7, 11) is 0. The Kier molecular flexibility index (Phi) is 3.83. The lowest BCUT2D eigenvalue weighted by Crippen LogP contribution is -2.15. The number of rotatable bonds is 3. The Balaban J connectivity index is 3.17. The summed E-state index contributed by atoms with van der Waals surface area (Å²) in [5, 5.41) is 18.8. The quantitative estimate of drug-likeness (QED) is 0.584. The molecule has 0 rings (SSSR count). The van der Waals surface area contributed by atoms with Crippen molar-refractivity contribution in [3.05, 3.63) is 0 Å². The molecule has 0 aromatic carbocycles. The van der Waals surface area contributed by atoms with Crippen LogP contribution in [0.2, 0.25) is 0 Å². The zero-order chi connectivity index (χ0) is 6.57. The van der Waals surface area contributed by atoms with E-state index >= 15 is 0 Å². The summed E-state index contributed by atoms with van der Waals surface area (Å²) < 4.78 is 0. The number of aliphatic hydroxyl groups is 1. The highest BCUT2D eigenvalue weighted by molar-refractivity contribution is 4.57. The first-order chi connectivity index (χ1) is 3.68. The molecular weight excluding hydrogens is 104 g/mol. The predicted molar refractivity (Wildman–Crippen MR) is 31.0 cm³/mol. The summed E-state index contributed by atoms with van der Waals surface area (Å²) in [5.74, 6) is 0.226. The second-order valence-corrected chi connectivity index (χ2v) is 2.30. The number of hydrogen-bond donors (Lipinski definition) is 1. The predicted octanol–water partition coefficient (Wildman–Crippen LogP) is 0.824. The van der Waals surface area contributed by atoms with Gasteiger partial charge in [0, 0.05) is 6.42 Å². The molecule has 0 spiro atoms. The van der Waals surface area contributed by atoms with Crippen molar-refractivity contribution < 1.29 is 10.2 Å². The van der Waals surface area contributed by atoms with E-state index in [-0.39, 0.29) is 12.5 Å². The molecular formula is C6H13O2. The van der Waals surface area contributed by atoms with Crippen LogP contribution in [0.5, 0.6) is 0 Å². The van der Waals surface area contributed by atoms with Gasteiger partial charge in [-0.1, -0.05) is 13.8 Å². The molecule has 0 aromatic heterocycles. The minimum absolute atomic E-state index is 0.167. The maximum absolute atomic E-state index is 9.88. The van der Waals surface area contributed by atoms with Crippen LogP contribution in [0.1, 0.15) is 20.3 Å². The SMILES string of the molecule is CC(C)C(O)CC[O]. The highest BCUT2D eigenvalue weighted by Gasteiger charge is 2.06. The summed E-state index contributed by atoms with van der Waals surface area (Å²) in [5.41, 5.74) is 0. The van der Waals surface area contributed by atoms with Gasteiger partial charge in [0.05, 0.1) is 12.7 Å². The van der Waals surface area contributed by atoms with Crippen molar-refractivity contribution in [2.24, 2.45) is 5.92 Å². The Bertz CT molecular complexity index is 52.5. The van der Waals surface area contributed by atoms with Crippen LogP contribution in [0, 0.1) is 5.92 Å². The molecule has 0 aliphatic rings. The molecule has 2 nitrogen and oxygen atoms in total. The van der Waals surface area contributed by atoms with Gasteiger partial charge in [-0.2, -0.15) is 0 Å². The molecule has 0 aliphatic carbocycles. The zero-order valence-corrected chi connectivity index (χ0v) is 5.42. The number of aliphatic hydroxyl groups excluding tert-OH is 1. The van der Waals surface area contributed by atoms with Crippen LogP contribution in [0.15, 0.2) is 0 Å². The Labute approximate surface area is 50.2 Å². The van der Waals surface area contributed by atoms with Gasteiger partial charge in [-0.15, -0.1) is 0 Å². The fourth-order valence-electron chi connectivity index (χ4n) is 0.454. The van der Waals surface area contributed by atoms with Gasteiger partial charge in [0.1, 0.15) is 0 Å². The van der Waals surface area contributed by atoms with Gasteiger partial charge in [0.25, 0.3) is 0 Å². The third-order valence-electron chi connectivity index (χ3n) is 1.18. The molecule has 1 atom stereocenters. The summed E-state index contributed by atoms with van der Waals surface area (Å²) in [6.45, 7) is 3.64. The molecule has 1 unspecified atom stereocenters. The van der Waals surface area contributed by atoms with Crippen LogP contribution >= 0.6 is 0 Å². The first-order valence-corrected chi connectivity index (χ1v) is 2.94. The Morgan fingerprint density at radius 1 is 1.50 bits per heavy atom. The Hall–Kier alpha value is -0.0800. The monoisotopic (exact) mass is 117 g/mol. The molecule has 49 valence electrons. The maximum Gasteiger partial charge on any atom is 0.0847 e. The molecule has 0 saturated carbocycles.